The number of amides is 1. The van der Waals surface area contributed by atoms with Gasteiger partial charge in [-0.1, -0.05) is 30.3 Å². The first kappa shape index (κ1) is 18.4. The molecule has 0 saturated carbocycles. The van der Waals surface area contributed by atoms with Crippen LogP contribution < -0.4 is 4.74 Å². The second-order valence-corrected chi connectivity index (χ2v) is 7.00. The summed E-state index contributed by atoms with van der Waals surface area (Å²) in [6, 6.07) is 15.6. The number of rotatable bonds is 5. The van der Waals surface area contributed by atoms with Crippen LogP contribution in [0.3, 0.4) is 0 Å². The van der Waals surface area contributed by atoms with Gasteiger partial charge in [-0.25, -0.2) is 4.39 Å². The summed E-state index contributed by atoms with van der Waals surface area (Å²) >= 11 is 0. The molecule has 2 aromatic carbocycles. The van der Waals surface area contributed by atoms with Crippen LogP contribution >= 0.6 is 0 Å². The van der Waals surface area contributed by atoms with Crippen molar-refractivity contribution in [3.05, 3.63) is 66.0 Å². The number of ether oxygens (including phenoxy) is 1. The molecular weight excluding hydrogens is 333 g/mol. The maximum atomic E-state index is 13.3. The average molecular weight is 357 g/mol. The Morgan fingerprint density at radius 3 is 2.77 bits per heavy atom. The highest BCUT2D eigenvalue weighted by atomic mass is 19.1. The maximum absolute atomic E-state index is 13.3. The molecule has 1 heterocycles. The number of aryl methyl sites for hydroxylation is 1. The number of piperidine rings is 1. The zero-order valence-electron chi connectivity index (χ0n) is 14.9. The molecule has 3 rings (SSSR count). The van der Waals surface area contributed by atoms with Crippen molar-refractivity contribution in [1.29, 1.82) is 0 Å². The van der Waals surface area contributed by atoms with Gasteiger partial charge in [0.15, 0.2) is 0 Å². The molecule has 4 nitrogen and oxygen atoms in total. The van der Waals surface area contributed by atoms with Gasteiger partial charge in [0.05, 0.1) is 6.54 Å². The predicted molar refractivity (Wildman–Crippen MR) is 97.4 cm³/mol. The molecule has 0 aliphatic carbocycles. The van der Waals surface area contributed by atoms with E-state index in [1.807, 2.05) is 36.4 Å². The number of likely N-dealkylation sites (tertiary alicyclic amines) is 1. The van der Waals surface area contributed by atoms with Crippen LogP contribution in [0.5, 0.6) is 5.75 Å². The first-order valence-corrected chi connectivity index (χ1v) is 8.90. The Morgan fingerprint density at radius 2 is 2.04 bits per heavy atom. The molecule has 5 heteroatoms. The quantitative estimate of drug-likeness (QED) is 0.894. The molecule has 2 atom stereocenters. The molecule has 26 heavy (non-hydrogen) atoms. The fraction of sp³-hybridized carbons (Fsp3) is 0.381. The molecule has 1 aliphatic heterocycles. The van der Waals surface area contributed by atoms with E-state index in [9.17, 15) is 14.3 Å². The zero-order valence-corrected chi connectivity index (χ0v) is 14.9. The van der Waals surface area contributed by atoms with Crippen molar-refractivity contribution in [2.24, 2.45) is 0 Å². The number of nitrogens with zero attached hydrogens (tertiary/aromatic N) is 1. The standard InChI is InChI=1S/C21H24FNO3/c1-21(25)12-13-23(15-19(21)26-18-8-3-2-4-9-18)20(24)11-10-16-6-5-7-17(22)14-16/h2-9,14,19,25H,10-13,15H2,1H3/t19-,21-/m1/s1. The van der Waals surface area contributed by atoms with Gasteiger partial charge < -0.3 is 14.7 Å². The molecule has 1 fully saturated rings. The van der Waals surface area contributed by atoms with Crippen LogP contribution in [0.25, 0.3) is 0 Å². The summed E-state index contributed by atoms with van der Waals surface area (Å²) < 4.78 is 19.2. The summed E-state index contributed by atoms with van der Waals surface area (Å²) in [5.41, 5.74) is -0.186. The normalized spacial score (nSPS) is 22.9. The van der Waals surface area contributed by atoms with E-state index in [-0.39, 0.29) is 11.7 Å². The van der Waals surface area contributed by atoms with E-state index in [0.29, 0.717) is 38.1 Å². The number of carbonyl (C=O) groups excluding carboxylic acids is 1. The fourth-order valence-corrected chi connectivity index (χ4v) is 3.17. The minimum atomic E-state index is -0.991. The molecule has 0 spiro atoms. The molecule has 1 N–H and O–H groups in total. The average Bonchev–Trinajstić information content (AvgIpc) is 2.62. The van der Waals surface area contributed by atoms with Gasteiger partial charge in [0.2, 0.25) is 5.91 Å². The van der Waals surface area contributed by atoms with Crippen molar-refractivity contribution >= 4 is 5.91 Å². The molecule has 0 aromatic heterocycles. The van der Waals surface area contributed by atoms with Crippen molar-refractivity contribution in [3.63, 3.8) is 0 Å². The molecule has 1 aliphatic rings. The number of aliphatic hydroxyl groups is 1. The van der Waals surface area contributed by atoms with Crippen LogP contribution in [0, 0.1) is 5.82 Å². The lowest BCUT2D eigenvalue weighted by Crippen LogP contribution is -2.57. The van der Waals surface area contributed by atoms with Crippen LogP contribution in [0.1, 0.15) is 25.3 Å². The predicted octanol–water partition coefficient (Wildman–Crippen LogP) is 3.19. The van der Waals surface area contributed by atoms with Gasteiger partial charge in [0.25, 0.3) is 0 Å². The van der Waals surface area contributed by atoms with Crippen LogP contribution in [-0.4, -0.2) is 40.7 Å². The van der Waals surface area contributed by atoms with Crippen molar-refractivity contribution in [1.82, 2.24) is 4.90 Å². The highest BCUT2D eigenvalue weighted by molar-refractivity contribution is 5.76. The van der Waals surface area contributed by atoms with E-state index < -0.39 is 11.7 Å². The molecule has 1 saturated heterocycles. The van der Waals surface area contributed by atoms with Crippen molar-refractivity contribution < 1.29 is 19.0 Å². The zero-order chi connectivity index (χ0) is 18.6. The molecule has 2 aromatic rings. The Bertz CT molecular complexity index is 748. The maximum Gasteiger partial charge on any atom is 0.223 e. The van der Waals surface area contributed by atoms with Crippen molar-refractivity contribution in [3.8, 4) is 5.75 Å². The third-order valence-corrected chi connectivity index (χ3v) is 4.86. The molecule has 0 unspecified atom stereocenters. The van der Waals surface area contributed by atoms with E-state index >= 15 is 0 Å². The molecule has 1 amide bonds. The first-order valence-electron chi connectivity index (χ1n) is 8.90. The number of carbonyl (C=O) groups is 1. The molecule has 0 radical (unpaired) electrons. The van der Waals surface area contributed by atoms with Gasteiger partial charge >= 0.3 is 0 Å². The van der Waals surface area contributed by atoms with Gasteiger partial charge in [-0.2, -0.15) is 0 Å². The van der Waals surface area contributed by atoms with E-state index in [0.717, 1.165) is 5.56 Å². The number of para-hydroxylation sites is 1. The largest absolute Gasteiger partial charge is 0.486 e. The number of benzene rings is 2. The summed E-state index contributed by atoms with van der Waals surface area (Å²) in [6.45, 7) is 2.57. The Kier molecular flexibility index (Phi) is 5.57. The first-order chi connectivity index (χ1) is 12.4. The van der Waals surface area contributed by atoms with Crippen molar-refractivity contribution in [2.75, 3.05) is 13.1 Å². The lowest BCUT2D eigenvalue weighted by atomic mass is 9.90. The van der Waals surface area contributed by atoms with Crippen LogP contribution in [0.4, 0.5) is 4.39 Å². The van der Waals surface area contributed by atoms with Gasteiger partial charge in [-0.15, -0.1) is 0 Å². The molecule has 0 bridgehead atoms. The van der Waals surface area contributed by atoms with Gasteiger partial charge in [-0.05, 0) is 49.6 Å². The lowest BCUT2D eigenvalue weighted by Gasteiger charge is -2.42. The lowest BCUT2D eigenvalue weighted by molar-refractivity contribution is -0.143. The van der Waals surface area contributed by atoms with Crippen molar-refractivity contribution in [2.45, 2.75) is 37.9 Å². The van der Waals surface area contributed by atoms with E-state index in [4.69, 9.17) is 4.74 Å². The summed E-state index contributed by atoms with van der Waals surface area (Å²) in [5.74, 6) is 0.374. The summed E-state index contributed by atoms with van der Waals surface area (Å²) in [4.78, 5) is 14.3. The monoisotopic (exact) mass is 357 g/mol. The second kappa shape index (κ2) is 7.87. The SMILES string of the molecule is C[C@@]1(O)CCN(C(=O)CCc2cccc(F)c2)C[C@H]1Oc1ccccc1. The third kappa shape index (κ3) is 4.61. The van der Waals surface area contributed by atoms with Crippen LogP contribution in [0.15, 0.2) is 54.6 Å². The molecule has 138 valence electrons. The Balaban J connectivity index is 1.60. The van der Waals surface area contributed by atoms with Gasteiger partial charge in [0, 0.05) is 13.0 Å². The number of hydrogen-bond donors (Lipinski definition) is 1. The van der Waals surface area contributed by atoms with E-state index in [1.54, 1.807) is 17.9 Å². The summed E-state index contributed by atoms with van der Waals surface area (Å²) in [6.07, 6.45) is 0.768. The highest BCUT2D eigenvalue weighted by Crippen LogP contribution is 2.27. The topological polar surface area (TPSA) is 49.8 Å². The highest BCUT2D eigenvalue weighted by Gasteiger charge is 2.40. The molecular formula is C21H24FNO3. The summed E-state index contributed by atoms with van der Waals surface area (Å²) in [5, 5.41) is 10.6. The second-order valence-electron chi connectivity index (χ2n) is 7.00. The Hall–Kier alpha value is -2.40. The Morgan fingerprint density at radius 1 is 1.27 bits per heavy atom. The number of hydrogen-bond acceptors (Lipinski definition) is 3. The van der Waals surface area contributed by atoms with Gasteiger partial charge in [-0.3, -0.25) is 4.79 Å². The van der Waals surface area contributed by atoms with E-state index in [2.05, 4.69) is 0 Å². The Labute approximate surface area is 153 Å². The minimum Gasteiger partial charge on any atom is -0.486 e. The third-order valence-electron chi connectivity index (χ3n) is 4.86. The summed E-state index contributed by atoms with van der Waals surface area (Å²) in [7, 11) is 0. The minimum absolute atomic E-state index is 0.00794. The smallest absolute Gasteiger partial charge is 0.223 e. The van der Waals surface area contributed by atoms with E-state index in [1.165, 1.54) is 12.1 Å². The van der Waals surface area contributed by atoms with Crippen LogP contribution in [0.2, 0.25) is 0 Å². The fourth-order valence-electron chi connectivity index (χ4n) is 3.17. The van der Waals surface area contributed by atoms with Crippen LogP contribution in [-0.2, 0) is 11.2 Å². The van der Waals surface area contributed by atoms with Gasteiger partial charge in [0.1, 0.15) is 23.3 Å². The number of halogens is 1.